The van der Waals surface area contributed by atoms with E-state index in [9.17, 15) is 9.59 Å². The van der Waals surface area contributed by atoms with Crippen molar-refractivity contribution in [2.75, 3.05) is 5.32 Å². The molecule has 0 aliphatic rings. The molecule has 3 aromatic rings. The molecule has 1 aromatic carbocycles. The standard InChI is InChI=1S/C19H21ClN4O2S2/c1-11(2)6-7-24-17(26)15-5-4-13(20)8-16(15)23-19(24)28-10-14-9-27-18(22-14)21-12(3)25/h4-5,8-9,11H,6-7,10H2,1-3H3,(H,21,22,25). The third kappa shape index (κ3) is 5.12. The molecule has 9 heteroatoms. The van der Waals surface area contributed by atoms with Crippen LogP contribution in [-0.4, -0.2) is 20.4 Å². The van der Waals surface area contributed by atoms with E-state index in [2.05, 4.69) is 24.1 Å². The molecule has 0 saturated carbocycles. The molecule has 28 heavy (non-hydrogen) atoms. The summed E-state index contributed by atoms with van der Waals surface area (Å²) in [6.45, 7) is 6.32. The SMILES string of the molecule is CC(=O)Nc1nc(CSc2nc3cc(Cl)ccc3c(=O)n2CCC(C)C)cs1. The Morgan fingerprint density at radius 1 is 1.36 bits per heavy atom. The highest BCUT2D eigenvalue weighted by Gasteiger charge is 2.14. The topological polar surface area (TPSA) is 76.9 Å². The van der Waals surface area contributed by atoms with Crippen molar-refractivity contribution in [1.82, 2.24) is 14.5 Å². The number of fused-ring (bicyclic) bond motifs is 1. The van der Waals surface area contributed by atoms with E-state index < -0.39 is 0 Å². The Morgan fingerprint density at radius 3 is 2.86 bits per heavy atom. The largest absolute Gasteiger partial charge is 0.302 e. The number of carbonyl (C=O) groups is 1. The van der Waals surface area contributed by atoms with Gasteiger partial charge in [0.15, 0.2) is 10.3 Å². The van der Waals surface area contributed by atoms with Crippen LogP contribution in [-0.2, 0) is 17.1 Å². The first kappa shape index (κ1) is 20.8. The number of anilines is 1. The Morgan fingerprint density at radius 2 is 2.14 bits per heavy atom. The Kier molecular flexibility index (Phi) is 6.74. The number of halogens is 1. The van der Waals surface area contributed by atoms with Crippen LogP contribution in [0.15, 0.2) is 33.5 Å². The van der Waals surface area contributed by atoms with Crippen LogP contribution in [0.3, 0.4) is 0 Å². The monoisotopic (exact) mass is 436 g/mol. The summed E-state index contributed by atoms with van der Waals surface area (Å²) in [5.41, 5.74) is 1.37. The fourth-order valence-electron chi connectivity index (χ4n) is 2.59. The van der Waals surface area contributed by atoms with Gasteiger partial charge in [0, 0.05) is 29.6 Å². The number of aromatic nitrogens is 3. The number of hydrogen-bond donors (Lipinski definition) is 1. The average Bonchev–Trinajstić information content (AvgIpc) is 3.05. The van der Waals surface area contributed by atoms with Gasteiger partial charge in [-0.25, -0.2) is 9.97 Å². The molecule has 0 radical (unpaired) electrons. The average molecular weight is 437 g/mol. The van der Waals surface area contributed by atoms with Gasteiger partial charge in [0.05, 0.1) is 16.6 Å². The zero-order valence-corrected chi connectivity index (χ0v) is 18.2. The van der Waals surface area contributed by atoms with Crippen molar-refractivity contribution in [3.8, 4) is 0 Å². The molecule has 0 spiro atoms. The van der Waals surface area contributed by atoms with Gasteiger partial charge in [-0.2, -0.15) is 0 Å². The summed E-state index contributed by atoms with van der Waals surface area (Å²) < 4.78 is 1.74. The lowest BCUT2D eigenvalue weighted by atomic mass is 10.1. The quantitative estimate of drug-likeness (QED) is 0.425. The van der Waals surface area contributed by atoms with Gasteiger partial charge in [-0.1, -0.05) is 37.2 Å². The third-order valence-corrected chi connectivity index (χ3v) is 6.05. The predicted molar refractivity (Wildman–Crippen MR) is 116 cm³/mol. The second-order valence-corrected chi connectivity index (χ2v) is 9.05. The van der Waals surface area contributed by atoms with E-state index in [4.69, 9.17) is 16.6 Å². The molecule has 1 N–H and O–H groups in total. The lowest BCUT2D eigenvalue weighted by Gasteiger charge is -2.14. The van der Waals surface area contributed by atoms with E-state index in [1.54, 1.807) is 22.8 Å². The zero-order chi connectivity index (χ0) is 20.3. The van der Waals surface area contributed by atoms with Crippen molar-refractivity contribution < 1.29 is 4.79 Å². The van der Waals surface area contributed by atoms with Gasteiger partial charge < -0.3 is 5.32 Å². The normalized spacial score (nSPS) is 11.3. The molecule has 148 valence electrons. The number of thiazole rings is 1. The van der Waals surface area contributed by atoms with E-state index >= 15 is 0 Å². The molecule has 0 unspecified atom stereocenters. The zero-order valence-electron chi connectivity index (χ0n) is 15.9. The van der Waals surface area contributed by atoms with Gasteiger partial charge in [0.2, 0.25) is 5.91 Å². The number of nitrogens with zero attached hydrogens (tertiary/aromatic N) is 3. The number of rotatable bonds is 7. The van der Waals surface area contributed by atoms with Crippen molar-refractivity contribution in [3.63, 3.8) is 0 Å². The van der Waals surface area contributed by atoms with Crippen LogP contribution in [0.2, 0.25) is 5.02 Å². The molecule has 0 aliphatic carbocycles. The van der Waals surface area contributed by atoms with Crippen LogP contribution in [0.4, 0.5) is 5.13 Å². The van der Waals surface area contributed by atoms with E-state index in [1.807, 2.05) is 5.38 Å². The molecule has 0 saturated heterocycles. The maximum atomic E-state index is 13.0. The third-order valence-electron chi connectivity index (χ3n) is 4.00. The second-order valence-electron chi connectivity index (χ2n) is 6.81. The molecule has 0 bridgehead atoms. The van der Waals surface area contributed by atoms with Gasteiger partial charge in [-0.05, 0) is 30.5 Å². The summed E-state index contributed by atoms with van der Waals surface area (Å²) in [5, 5.41) is 6.91. The summed E-state index contributed by atoms with van der Waals surface area (Å²) in [6, 6.07) is 5.16. The molecule has 0 fully saturated rings. The van der Waals surface area contributed by atoms with Gasteiger partial charge in [-0.3, -0.25) is 14.2 Å². The van der Waals surface area contributed by atoms with Crippen LogP contribution in [0, 0.1) is 5.92 Å². The lowest BCUT2D eigenvalue weighted by molar-refractivity contribution is -0.114. The van der Waals surface area contributed by atoms with Gasteiger partial charge in [0.25, 0.3) is 5.56 Å². The molecule has 6 nitrogen and oxygen atoms in total. The number of thioether (sulfide) groups is 1. The molecule has 2 aromatic heterocycles. The first-order valence-corrected chi connectivity index (χ1v) is 11.1. The van der Waals surface area contributed by atoms with Crippen molar-refractivity contribution in [2.24, 2.45) is 5.92 Å². The number of hydrogen-bond acceptors (Lipinski definition) is 6. The Bertz CT molecular complexity index is 1060. The molecular formula is C19H21ClN4O2S2. The van der Waals surface area contributed by atoms with Crippen molar-refractivity contribution in [1.29, 1.82) is 0 Å². The molecule has 0 aliphatic heterocycles. The number of nitrogens with one attached hydrogen (secondary N) is 1. The number of carbonyl (C=O) groups excluding carboxylic acids is 1. The molecular weight excluding hydrogens is 416 g/mol. The molecule has 1 amide bonds. The van der Waals surface area contributed by atoms with Gasteiger partial charge >= 0.3 is 0 Å². The maximum absolute atomic E-state index is 13.0. The summed E-state index contributed by atoms with van der Waals surface area (Å²) >= 11 is 8.92. The molecule has 0 atom stereocenters. The second kappa shape index (κ2) is 9.07. The van der Waals surface area contributed by atoms with Gasteiger partial charge in [0.1, 0.15) is 0 Å². The first-order valence-electron chi connectivity index (χ1n) is 8.88. The first-order chi connectivity index (χ1) is 13.3. The summed E-state index contributed by atoms with van der Waals surface area (Å²) in [6.07, 6.45) is 0.887. The summed E-state index contributed by atoms with van der Waals surface area (Å²) in [7, 11) is 0. The van der Waals surface area contributed by atoms with Crippen molar-refractivity contribution in [2.45, 2.75) is 44.6 Å². The van der Waals surface area contributed by atoms with Gasteiger partial charge in [-0.15, -0.1) is 11.3 Å². The van der Waals surface area contributed by atoms with Crippen LogP contribution in [0.25, 0.3) is 10.9 Å². The van der Waals surface area contributed by atoms with E-state index in [1.165, 1.54) is 30.0 Å². The maximum Gasteiger partial charge on any atom is 0.262 e. The minimum absolute atomic E-state index is 0.0537. The number of amides is 1. The van der Waals surface area contributed by atoms with Crippen molar-refractivity contribution in [3.05, 3.63) is 44.6 Å². The Labute approximate surface area is 176 Å². The van der Waals surface area contributed by atoms with Crippen LogP contribution in [0.5, 0.6) is 0 Å². The highest BCUT2D eigenvalue weighted by molar-refractivity contribution is 7.98. The minimum Gasteiger partial charge on any atom is -0.302 e. The van der Waals surface area contributed by atoms with E-state index in [-0.39, 0.29) is 11.5 Å². The molecule has 3 rings (SSSR count). The Hall–Kier alpha value is -1.90. The highest BCUT2D eigenvalue weighted by Crippen LogP contribution is 2.26. The van der Waals surface area contributed by atoms with Crippen LogP contribution in [0.1, 0.15) is 32.9 Å². The fourth-order valence-corrected chi connectivity index (χ4v) is 4.53. The lowest BCUT2D eigenvalue weighted by Crippen LogP contribution is -2.24. The van der Waals surface area contributed by atoms with E-state index in [0.29, 0.717) is 44.4 Å². The summed E-state index contributed by atoms with van der Waals surface area (Å²) in [5.74, 6) is 0.879. The fraction of sp³-hybridized carbons (Fsp3) is 0.368. The Balaban J connectivity index is 1.90. The number of benzene rings is 1. The van der Waals surface area contributed by atoms with E-state index in [0.717, 1.165) is 12.1 Å². The van der Waals surface area contributed by atoms with Crippen molar-refractivity contribution >= 4 is 56.6 Å². The van der Waals surface area contributed by atoms with Crippen LogP contribution < -0.4 is 10.9 Å². The predicted octanol–water partition coefficient (Wildman–Crippen LogP) is 4.80. The molecule has 2 heterocycles. The smallest absolute Gasteiger partial charge is 0.262 e. The highest BCUT2D eigenvalue weighted by atomic mass is 35.5. The minimum atomic E-state index is -0.149. The van der Waals surface area contributed by atoms with Crippen LogP contribution >= 0.6 is 34.7 Å². The summed E-state index contributed by atoms with van der Waals surface area (Å²) in [4.78, 5) is 33.3.